The van der Waals surface area contributed by atoms with E-state index in [9.17, 15) is 4.79 Å². The van der Waals surface area contributed by atoms with Crippen molar-refractivity contribution in [1.29, 1.82) is 0 Å². The number of H-pyrrole nitrogens is 1. The molecule has 1 aliphatic heterocycles. The Balaban J connectivity index is 1.37. The molecule has 1 N–H and O–H groups in total. The molecule has 0 aliphatic carbocycles. The van der Waals surface area contributed by atoms with E-state index in [2.05, 4.69) is 51.4 Å². The Morgan fingerprint density at radius 1 is 0.976 bits per heavy atom. The minimum atomic E-state index is -0.179. The predicted molar refractivity (Wildman–Crippen MR) is 158 cm³/mol. The smallest absolute Gasteiger partial charge is 0.252 e. The number of rotatable bonds is 11. The first-order valence-electron chi connectivity index (χ1n) is 14.1. The van der Waals surface area contributed by atoms with Crippen molar-refractivity contribution >= 4 is 10.9 Å². The van der Waals surface area contributed by atoms with Crippen molar-refractivity contribution in [2.45, 2.75) is 45.9 Å². The van der Waals surface area contributed by atoms with Crippen LogP contribution in [0.3, 0.4) is 0 Å². The topological polar surface area (TPSA) is 107 Å². The maximum Gasteiger partial charge on any atom is 0.252 e. The van der Waals surface area contributed by atoms with Gasteiger partial charge in [0.2, 0.25) is 6.79 Å². The van der Waals surface area contributed by atoms with E-state index in [1.807, 2.05) is 65.3 Å². The number of fused-ring (bicyclic) bond motifs is 2. The van der Waals surface area contributed by atoms with Gasteiger partial charge in [-0.15, -0.1) is 5.10 Å². The highest BCUT2D eigenvalue weighted by atomic mass is 16.7. The molecule has 5 aromatic rings. The molecule has 1 atom stereocenters. The highest BCUT2D eigenvalue weighted by Gasteiger charge is 2.30. The molecule has 3 heterocycles. The maximum atomic E-state index is 13.3. The number of pyridine rings is 1. The molecule has 0 saturated heterocycles. The van der Waals surface area contributed by atoms with Gasteiger partial charge in [-0.1, -0.05) is 50.2 Å². The van der Waals surface area contributed by atoms with Crippen molar-refractivity contribution in [3.05, 3.63) is 106 Å². The average Bonchev–Trinajstić information content (AvgIpc) is 3.66. The Bertz CT molecular complexity index is 1730. The molecular formula is C32H34N6O4. The molecule has 0 fully saturated rings. The number of methoxy groups -OCH3 is 1. The second kappa shape index (κ2) is 12.0. The molecule has 0 amide bonds. The highest BCUT2D eigenvalue weighted by Crippen LogP contribution is 2.35. The summed E-state index contributed by atoms with van der Waals surface area (Å²) in [6.45, 7) is 6.09. The fraction of sp³-hybridized carbons (Fsp3) is 0.312. The first-order chi connectivity index (χ1) is 20.5. The van der Waals surface area contributed by atoms with E-state index in [1.165, 1.54) is 5.56 Å². The van der Waals surface area contributed by atoms with Crippen LogP contribution in [0.15, 0.2) is 77.6 Å². The number of benzene rings is 3. The van der Waals surface area contributed by atoms with Gasteiger partial charge in [0.15, 0.2) is 17.3 Å². The number of nitrogens with zero attached hydrogens (tertiary/aromatic N) is 5. The summed E-state index contributed by atoms with van der Waals surface area (Å²) >= 11 is 0. The molecule has 0 unspecified atom stereocenters. The highest BCUT2D eigenvalue weighted by molar-refractivity contribution is 5.80. The molecule has 0 spiro atoms. The molecule has 216 valence electrons. The summed E-state index contributed by atoms with van der Waals surface area (Å²) in [5.41, 5.74) is 3.53. The third-order valence-electron chi connectivity index (χ3n) is 7.63. The summed E-state index contributed by atoms with van der Waals surface area (Å²) in [4.78, 5) is 18.7. The Morgan fingerprint density at radius 3 is 2.62 bits per heavy atom. The van der Waals surface area contributed by atoms with Crippen molar-refractivity contribution < 1.29 is 14.2 Å². The molecular weight excluding hydrogens is 532 g/mol. The number of tetrazole rings is 1. The van der Waals surface area contributed by atoms with Crippen LogP contribution in [0.2, 0.25) is 0 Å². The number of aryl methyl sites for hydroxylation is 2. The molecule has 0 bridgehead atoms. The second-order valence-corrected chi connectivity index (χ2v) is 10.9. The lowest BCUT2D eigenvalue weighted by atomic mass is 9.99. The van der Waals surface area contributed by atoms with Crippen LogP contribution in [-0.4, -0.2) is 44.0 Å². The number of hydrogen-bond acceptors (Lipinski definition) is 8. The molecule has 6 rings (SSSR count). The van der Waals surface area contributed by atoms with Gasteiger partial charge in [-0.05, 0) is 70.3 Å². The van der Waals surface area contributed by atoms with Crippen LogP contribution in [0.4, 0.5) is 0 Å². The van der Waals surface area contributed by atoms with Gasteiger partial charge in [0.1, 0.15) is 5.75 Å². The standard InChI is InChI=1S/C32H34N6O4/c1-21(2)30(31-34-35-36-38(31)14-13-22-7-5-4-6-8-22)37(18-23-9-12-28-29(15-23)42-20-41-28)19-25-16-24-17-26(40-3)10-11-27(24)33-32(25)39/h4-12,15-17,21,30H,13-14,18-20H2,1-3H3,(H,33,39)/t30-/m1/s1. The molecule has 1 aliphatic rings. The van der Waals surface area contributed by atoms with Gasteiger partial charge in [-0.25, -0.2) is 4.68 Å². The van der Waals surface area contributed by atoms with Gasteiger partial charge >= 0.3 is 0 Å². The molecule has 0 saturated carbocycles. The maximum absolute atomic E-state index is 13.3. The van der Waals surface area contributed by atoms with Crippen molar-refractivity contribution in [2.75, 3.05) is 13.9 Å². The number of nitrogens with one attached hydrogen (secondary N) is 1. The van der Waals surface area contributed by atoms with Gasteiger partial charge in [-0.2, -0.15) is 0 Å². The van der Waals surface area contributed by atoms with E-state index >= 15 is 0 Å². The predicted octanol–water partition coefficient (Wildman–Crippen LogP) is 4.89. The van der Waals surface area contributed by atoms with Crippen molar-refractivity contribution in [1.82, 2.24) is 30.1 Å². The molecule has 0 radical (unpaired) electrons. The minimum absolute atomic E-state index is 0.130. The van der Waals surface area contributed by atoms with Crippen LogP contribution in [0, 0.1) is 5.92 Å². The summed E-state index contributed by atoms with van der Waals surface area (Å²) in [6, 6.07) is 23.7. The largest absolute Gasteiger partial charge is 0.497 e. The molecule has 3 aromatic carbocycles. The van der Waals surface area contributed by atoms with Gasteiger partial charge in [-0.3, -0.25) is 9.69 Å². The zero-order chi connectivity index (χ0) is 29.1. The van der Waals surface area contributed by atoms with Crippen LogP contribution in [0.25, 0.3) is 10.9 Å². The summed E-state index contributed by atoms with van der Waals surface area (Å²) < 4.78 is 18.5. The summed E-state index contributed by atoms with van der Waals surface area (Å²) in [5, 5.41) is 13.9. The zero-order valence-corrected chi connectivity index (χ0v) is 24.0. The van der Waals surface area contributed by atoms with Gasteiger partial charge in [0.05, 0.1) is 13.2 Å². The molecule has 42 heavy (non-hydrogen) atoms. The van der Waals surface area contributed by atoms with E-state index in [4.69, 9.17) is 14.2 Å². The van der Waals surface area contributed by atoms with Crippen LogP contribution in [-0.2, 0) is 26.1 Å². The zero-order valence-electron chi connectivity index (χ0n) is 24.0. The van der Waals surface area contributed by atoms with Crippen LogP contribution >= 0.6 is 0 Å². The van der Waals surface area contributed by atoms with E-state index in [-0.39, 0.29) is 24.3 Å². The van der Waals surface area contributed by atoms with Crippen LogP contribution in [0.1, 0.15) is 42.4 Å². The lowest BCUT2D eigenvalue weighted by molar-refractivity contribution is 0.125. The SMILES string of the molecule is COc1ccc2[nH]c(=O)c(CN(Cc3ccc4c(c3)OCO4)[C@@H](c3nnnn3CCc3ccccc3)C(C)C)cc2c1. The lowest BCUT2D eigenvalue weighted by Crippen LogP contribution is -2.35. The number of aromatic nitrogens is 5. The van der Waals surface area contributed by atoms with E-state index < -0.39 is 0 Å². The molecule has 2 aromatic heterocycles. The van der Waals surface area contributed by atoms with Crippen LogP contribution < -0.4 is 19.8 Å². The van der Waals surface area contributed by atoms with Crippen molar-refractivity contribution in [3.8, 4) is 17.2 Å². The number of aromatic amines is 1. The quantitative estimate of drug-likeness (QED) is 0.241. The Labute approximate surface area is 243 Å². The third-order valence-corrected chi connectivity index (χ3v) is 7.63. The number of hydrogen-bond donors (Lipinski definition) is 1. The summed E-state index contributed by atoms with van der Waals surface area (Å²) in [7, 11) is 1.63. The van der Waals surface area contributed by atoms with E-state index in [0.29, 0.717) is 25.2 Å². The third kappa shape index (κ3) is 5.84. The van der Waals surface area contributed by atoms with E-state index in [0.717, 1.165) is 46.0 Å². The normalized spacial score (nSPS) is 13.3. The molecule has 10 nitrogen and oxygen atoms in total. The fourth-order valence-electron chi connectivity index (χ4n) is 5.56. The van der Waals surface area contributed by atoms with Gasteiger partial charge in [0, 0.05) is 36.1 Å². The Morgan fingerprint density at radius 2 is 1.81 bits per heavy atom. The van der Waals surface area contributed by atoms with Gasteiger partial charge < -0.3 is 19.2 Å². The summed E-state index contributed by atoms with van der Waals surface area (Å²) in [6.07, 6.45) is 0.804. The Hall–Kier alpha value is -4.70. The first kappa shape index (κ1) is 27.5. The summed E-state index contributed by atoms with van der Waals surface area (Å²) in [5.74, 6) is 3.09. The van der Waals surface area contributed by atoms with Crippen molar-refractivity contribution in [2.24, 2.45) is 5.92 Å². The number of ether oxygens (including phenoxy) is 3. The van der Waals surface area contributed by atoms with Crippen LogP contribution in [0.5, 0.6) is 17.2 Å². The monoisotopic (exact) mass is 566 g/mol. The lowest BCUT2D eigenvalue weighted by Gasteiger charge is -2.33. The first-order valence-corrected chi connectivity index (χ1v) is 14.1. The van der Waals surface area contributed by atoms with Crippen molar-refractivity contribution in [3.63, 3.8) is 0 Å². The van der Waals surface area contributed by atoms with Gasteiger partial charge in [0.25, 0.3) is 5.56 Å². The average molecular weight is 567 g/mol. The second-order valence-electron chi connectivity index (χ2n) is 10.9. The van der Waals surface area contributed by atoms with E-state index in [1.54, 1.807) is 7.11 Å². The molecule has 10 heteroatoms. The minimum Gasteiger partial charge on any atom is -0.497 e. The Kier molecular flexibility index (Phi) is 7.87. The fourth-order valence-corrected chi connectivity index (χ4v) is 5.56.